The van der Waals surface area contributed by atoms with Crippen molar-refractivity contribution in [1.29, 1.82) is 0 Å². The largest absolute Gasteiger partial charge is 0.376 e. The first kappa shape index (κ1) is 24.1. The summed E-state index contributed by atoms with van der Waals surface area (Å²) in [5.74, 6) is -2.10. The van der Waals surface area contributed by atoms with Gasteiger partial charge in [-0.25, -0.2) is 0 Å². The van der Waals surface area contributed by atoms with E-state index in [1.54, 1.807) is 4.90 Å². The Bertz CT molecular complexity index is 1070. The Morgan fingerprint density at radius 3 is 2.56 bits per heavy atom. The van der Waals surface area contributed by atoms with Crippen LogP contribution >= 0.6 is 15.9 Å². The number of ether oxygens (including phenoxy) is 2. The minimum atomic E-state index is -1.14. The molecule has 1 spiro atoms. The van der Waals surface area contributed by atoms with Gasteiger partial charge >= 0.3 is 0 Å². The van der Waals surface area contributed by atoms with Crippen molar-refractivity contribution in [3.05, 3.63) is 40.9 Å². The molecule has 5 aliphatic rings. The maximum absolute atomic E-state index is 14.0. The second-order valence-electron chi connectivity index (χ2n) is 10.7. The van der Waals surface area contributed by atoms with Crippen LogP contribution in [0.5, 0.6) is 0 Å². The van der Waals surface area contributed by atoms with Gasteiger partial charge in [0.15, 0.2) is 0 Å². The van der Waals surface area contributed by atoms with Crippen LogP contribution < -0.4 is 10.6 Å². The smallest absolute Gasteiger partial charge is 0.246 e. The van der Waals surface area contributed by atoms with Gasteiger partial charge in [-0.05, 0) is 49.9 Å². The van der Waals surface area contributed by atoms with Crippen LogP contribution in [0, 0.1) is 11.8 Å². The topological polar surface area (TPSA) is 97.0 Å². The van der Waals surface area contributed by atoms with Crippen molar-refractivity contribution < 1.29 is 23.9 Å². The van der Waals surface area contributed by atoms with Gasteiger partial charge in [0.05, 0.1) is 24.0 Å². The predicted octanol–water partition coefficient (Wildman–Crippen LogP) is 3.17. The first-order valence-corrected chi connectivity index (χ1v) is 13.9. The third kappa shape index (κ3) is 4.09. The molecule has 192 valence electrons. The summed E-state index contributed by atoms with van der Waals surface area (Å²) in [6.07, 6.45) is 10.2. The van der Waals surface area contributed by atoms with E-state index in [4.69, 9.17) is 9.47 Å². The molecule has 0 aromatic heterocycles. The lowest BCUT2D eigenvalue weighted by Gasteiger charge is -2.34. The number of carbonyl (C=O) groups is 3. The summed E-state index contributed by atoms with van der Waals surface area (Å²) in [5, 5.41) is 6.18. The monoisotopic (exact) mass is 557 g/mol. The number of benzene rings is 1. The molecule has 3 saturated heterocycles. The molecule has 0 radical (unpaired) electrons. The molecule has 1 saturated carbocycles. The van der Waals surface area contributed by atoms with Crippen molar-refractivity contribution in [2.45, 2.75) is 74.8 Å². The molecule has 1 aromatic carbocycles. The molecule has 4 aliphatic heterocycles. The summed E-state index contributed by atoms with van der Waals surface area (Å²) in [6, 6.07) is 6.62. The van der Waals surface area contributed by atoms with Gasteiger partial charge in [-0.1, -0.05) is 47.3 Å². The van der Waals surface area contributed by atoms with Gasteiger partial charge in [-0.15, -0.1) is 0 Å². The van der Waals surface area contributed by atoms with Crippen molar-refractivity contribution in [3.63, 3.8) is 0 Å². The Labute approximate surface area is 219 Å². The van der Waals surface area contributed by atoms with E-state index >= 15 is 0 Å². The van der Waals surface area contributed by atoms with E-state index < -0.39 is 29.6 Å². The molecule has 1 aromatic rings. The Morgan fingerprint density at radius 2 is 1.83 bits per heavy atom. The van der Waals surface area contributed by atoms with Crippen LogP contribution in [-0.2, 0) is 23.9 Å². The second-order valence-corrected chi connectivity index (χ2v) is 11.6. The maximum Gasteiger partial charge on any atom is 0.246 e. The molecule has 1 aliphatic carbocycles. The second kappa shape index (κ2) is 9.58. The van der Waals surface area contributed by atoms with Crippen molar-refractivity contribution in [2.75, 3.05) is 18.5 Å². The number of carbonyl (C=O) groups excluding carboxylic acids is 3. The summed E-state index contributed by atoms with van der Waals surface area (Å²) in [6.45, 7) is 1.000. The molecule has 9 heteroatoms. The van der Waals surface area contributed by atoms with E-state index in [-0.39, 0.29) is 29.9 Å². The highest BCUT2D eigenvalue weighted by molar-refractivity contribution is 9.10. The van der Waals surface area contributed by atoms with Gasteiger partial charge in [-0.2, -0.15) is 0 Å². The summed E-state index contributed by atoms with van der Waals surface area (Å²) >= 11 is 3.41. The number of halogens is 1. The fourth-order valence-electron chi connectivity index (χ4n) is 6.76. The lowest BCUT2D eigenvalue weighted by atomic mass is 9.74. The summed E-state index contributed by atoms with van der Waals surface area (Å²) < 4.78 is 13.2. The number of amides is 3. The van der Waals surface area contributed by atoms with Gasteiger partial charge in [0.1, 0.15) is 11.6 Å². The summed E-state index contributed by atoms with van der Waals surface area (Å²) in [5.41, 5.74) is -0.488. The fourth-order valence-corrected chi connectivity index (χ4v) is 7.02. The minimum Gasteiger partial charge on any atom is -0.376 e. The Balaban J connectivity index is 1.29. The quantitative estimate of drug-likeness (QED) is 0.523. The molecule has 2 N–H and O–H groups in total. The van der Waals surface area contributed by atoms with Gasteiger partial charge < -0.3 is 25.0 Å². The van der Waals surface area contributed by atoms with Crippen molar-refractivity contribution in [3.8, 4) is 0 Å². The molecule has 3 amide bonds. The summed E-state index contributed by atoms with van der Waals surface area (Å²) in [4.78, 5) is 42.9. The highest BCUT2D eigenvalue weighted by atomic mass is 79.9. The number of likely N-dealkylation sites (tertiary alicyclic amines) is 1. The van der Waals surface area contributed by atoms with Crippen molar-refractivity contribution in [2.24, 2.45) is 11.8 Å². The zero-order valence-electron chi connectivity index (χ0n) is 20.2. The van der Waals surface area contributed by atoms with Gasteiger partial charge in [0, 0.05) is 29.4 Å². The highest BCUT2D eigenvalue weighted by Gasteiger charge is 2.73. The van der Waals surface area contributed by atoms with Crippen LogP contribution in [0.25, 0.3) is 0 Å². The van der Waals surface area contributed by atoms with E-state index in [2.05, 4.69) is 26.6 Å². The summed E-state index contributed by atoms with van der Waals surface area (Å²) in [7, 11) is 0. The first-order chi connectivity index (χ1) is 17.5. The van der Waals surface area contributed by atoms with E-state index in [0.717, 1.165) is 43.0 Å². The Morgan fingerprint density at radius 1 is 1.06 bits per heavy atom. The van der Waals surface area contributed by atoms with Crippen LogP contribution in [0.1, 0.15) is 44.9 Å². The SMILES string of the molecule is O=C(Nc1ccc(Br)cc1)C1C2C=CC3(O2)C1C(=O)N(CC1CCCO1)C3C(=O)NC1CCCCC1. The zero-order chi connectivity index (χ0) is 24.9. The molecular weight excluding hydrogens is 526 g/mol. The number of nitrogens with zero attached hydrogens (tertiary/aromatic N) is 1. The molecular formula is C27H32BrN3O5. The number of fused-ring (bicyclic) bond motifs is 1. The highest BCUT2D eigenvalue weighted by Crippen LogP contribution is 2.55. The Kier molecular flexibility index (Phi) is 6.42. The first-order valence-electron chi connectivity index (χ1n) is 13.1. The molecule has 4 heterocycles. The zero-order valence-corrected chi connectivity index (χ0v) is 21.7. The van der Waals surface area contributed by atoms with E-state index in [9.17, 15) is 14.4 Å². The molecule has 6 rings (SSSR count). The fraction of sp³-hybridized carbons (Fsp3) is 0.593. The van der Waals surface area contributed by atoms with Gasteiger partial charge in [0.25, 0.3) is 0 Å². The third-order valence-corrected chi connectivity index (χ3v) is 8.94. The number of anilines is 1. The van der Waals surface area contributed by atoms with Crippen molar-refractivity contribution >= 4 is 39.3 Å². The number of rotatable bonds is 6. The van der Waals surface area contributed by atoms with E-state index in [0.29, 0.717) is 18.8 Å². The van der Waals surface area contributed by atoms with Crippen LogP contribution in [0.2, 0.25) is 0 Å². The third-order valence-electron chi connectivity index (χ3n) is 8.41. The van der Waals surface area contributed by atoms with Crippen molar-refractivity contribution in [1.82, 2.24) is 10.2 Å². The van der Waals surface area contributed by atoms with E-state index in [1.165, 1.54) is 6.42 Å². The van der Waals surface area contributed by atoms with Crippen LogP contribution in [-0.4, -0.2) is 65.7 Å². The molecule has 8 nitrogen and oxygen atoms in total. The predicted molar refractivity (Wildman–Crippen MR) is 136 cm³/mol. The molecule has 4 fully saturated rings. The lowest BCUT2D eigenvalue weighted by Crippen LogP contribution is -2.57. The van der Waals surface area contributed by atoms with Gasteiger partial charge in [-0.3, -0.25) is 14.4 Å². The van der Waals surface area contributed by atoms with E-state index in [1.807, 2.05) is 36.4 Å². The standard InChI is InChI=1S/C27H32BrN3O5/c28-16-8-10-18(11-9-16)29-24(32)21-20-12-13-27(36-20)22(21)26(34)31(15-19-7-4-14-35-19)23(27)25(33)30-17-5-2-1-3-6-17/h8-13,17,19-23H,1-7,14-15H2,(H,29,32)(H,30,33). The molecule has 36 heavy (non-hydrogen) atoms. The number of hydrogen-bond donors (Lipinski definition) is 2. The normalized spacial score (nSPS) is 35.3. The molecule has 6 unspecified atom stereocenters. The lowest BCUT2D eigenvalue weighted by molar-refractivity contribution is -0.143. The average molecular weight is 558 g/mol. The van der Waals surface area contributed by atoms with Crippen LogP contribution in [0.4, 0.5) is 5.69 Å². The minimum absolute atomic E-state index is 0.106. The van der Waals surface area contributed by atoms with Crippen LogP contribution in [0.15, 0.2) is 40.9 Å². The number of nitrogens with one attached hydrogen (secondary N) is 2. The Hall–Kier alpha value is -2.23. The van der Waals surface area contributed by atoms with Crippen LogP contribution in [0.3, 0.4) is 0 Å². The number of hydrogen-bond acceptors (Lipinski definition) is 5. The van der Waals surface area contributed by atoms with Gasteiger partial charge in [0.2, 0.25) is 17.7 Å². The average Bonchev–Trinajstić information content (AvgIpc) is 3.64. The molecule has 6 atom stereocenters. The molecule has 2 bridgehead atoms. The maximum atomic E-state index is 14.0.